The van der Waals surface area contributed by atoms with Gasteiger partial charge in [-0.25, -0.2) is 0 Å². The van der Waals surface area contributed by atoms with Gasteiger partial charge in [-0.2, -0.15) is 5.26 Å². The fourth-order valence-corrected chi connectivity index (χ4v) is 2.59. The first-order valence-corrected chi connectivity index (χ1v) is 5.04. The molecule has 15 heavy (non-hydrogen) atoms. The van der Waals surface area contributed by atoms with E-state index < -0.39 is 0 Å². The first kappa shape index (κ1) is 8.37. The molecule has 3 heteroatoms. The van der Waals surface area contributed by atoms with E-state index in [4.69, 9.17) is 11.0 Å². The Bertz CT molecular complexity index is 485. The quantitative estimate of drug-likeness (QED) is 0.607. The SMILES string of the molecule is N#CC1=CC=C2NCC3C=C(N)C=C1C23. The molecule has 0 saturated carbocycles. The summed E-state index contributed by atoms with van der Waals surface area (Å²) < 4.78 is 0. The molecule has 1 aliphatic heterocycles. The monoisotopic (exact) mass is 197 g/mol. The minimum atomic E-state index is 0.331. The molecular formula is C12H11N3. The van der Waals surface area contributed by atoms with Crippen molar-refractivity contribution < 1.29 is 0 Å². The summed E-state index contributed by atoms with van der Waals surface area (Å²) in [7, 11) is 0. The smallest absolute Gasteiger partial charge is 0.0994 e. The van der Waals surface area contributed by atoms with Crippen molar-refractivity contribution >= 4 is 0 Å². The van der Waals surface area contributed by atoms with Crippen molar-refractivity contribution in [2.24, 2.45) is 17.6 Å². The summed E-state index contributed by atoms with van der Waals surface area (Å²) in [4.78, 5) is 0. The third-order valence-corrected chi connectivity index (χ3v) is 3.23. The average Bonchev–Trinajstić information content (AvgIpc) is 2.63. The van der Waals surface area contributed by atoms with Gasteiger partial charge in [-0.05, 0) is 23.8 Å². The van der Waals surface area contributed by atoms with Crippen LogP contribution in [0.15, 0.2) is 46.8 Å². The second-order valence-electron chi connectivity index (χ2n) is 4.10. The van der Waals surface area contributed by atoms with Gasteiger partial charge in [0.25, 0.3) is 0 Å². The van der Waals surface area contributed by atoms with E-state index in [9.17, 15) is 0 Å². The Morgan fingerprint density at radius 1 is 1.47 bits per heavy atom. The van der Waals surface area contributed by atoms with E-state index in [1.807, 2.05) is 18.2 Å². The van der Waals surface area contributed by atoms with E-state index in [2.05, 4.69) is 17.5 Å². The number of nitrogens with one attached hydrogen (secondary N) is 1. The molecule has 0 aromatic rings. The summed E-state index contributed by atoms with van der Waals surface area (Å²) in [6.07, 6.45) is 7.89. The molecule has 0 radical (unpaired) electrons. The van der Waals surface area contributed by atoms with Gasteiger partial charge in [0, 0.05) is 29.8 Å². The largest absolute Gasteiger partial charge is 0.399 e. The predicted octanol–water partition coefficient (Wildman–Crippen LogP) is 0.952. The highest BCUT2D eigenvalue weighted by atomic mass is 14.9. The molecule has 0 aromatic heterocycles. The van der Waals surface area contributed by atoms with Gasteiger partial charge in [0.15, 0.2) is 0 Å². The summed E-state index contributed by atoms with van der Waals surface area (Å²) in [5, 5.41) is 12.4. The number of hydrogen-bond donors (Lipinski definition) is 2. The predicted molar refractivity (Wildman–Crippen MR) is 57.1 cm³/mol. The first-order chi connectivity index (χ1) is 7.29. The maximum Gasteiger partial charge on any atom is 0.0994 e. The van der Waals surface area contributed by atoms with Crippen LogP contribution >= 0.6 is 0 Å². The Kier molecular flexibility index (Phi) is 1.54. The lowest BCUT2D eigenvalue weighted by molar-refractivity contribution is 0.589. The van der Waals surface area contributed by atoms with Crippen LogP contribution in [-0.2, 0) is 0 Å². The van der Waals surface area contributed by atoms with E-state index in [0.717, 1.165) is 23.4 Å². The molecule has 3 aliphatic rings. The fourth-order valence-electron chi connectivity index (χ4n) is 2.59. The van der Waals surface area contributed by atoms with Crippen LogP contribution in [0, 0.1) is 23.2 Å². The van der Waals surface area contributed by atoms with Crippen LogP contribution in [0.25, 0.3) is 0 Å². The number of nitriles is 1. The van der Waals surface area contributed by atoms with E-state index in [-0.39, 0.29) is 0 Å². The highest BCUT2D eigenvalue weighted by Gasteiger charge is 2.37. The van der Waals surface area contributed by atoms with Crippen molar-refractivity contribution in [2.45, 2.75) is 0 Å². The molecule has 3 N–H and O–H groups in total. The number of nitrogens with zero attached hydrogens (tertiary/aromatic N) is 1. The van der Waals surface area contributed by atoms with Crippen molar-refractivity contribution in [3.63, 3.8) is 0 Å². The van der Waals surface area contributed by atoms with Gasteiger partial charge in [0.2, 0.25) is 0 Å². The Balaban J connectivity index is 2.17. The lowest BCUT2D eigenvalue weighted by Gasteiger charge is -2.26. The van der Waals surface area contributed by atoms with Crippen LogP contribution in [0.3, 0.4) is 0 Å². The van der Waals surface area contributed by atoms with Gasteiger partial charge < -0.3 is 11.1 Å². The highest BCUT2D eigenvalue weighted by molar-refractivity contribution is 5.57. The van der Waals surface area contributed by atoms with Gasteiger partial charge in [0.05, 0.1) is 11.6 Å². The molecule has 3 rings (SSSR count). The van der Waals surface area contributed by atoms with E-state index >= 15 is 0 Å². The first-order valence-electron chi connectivity index (χ1n) is 5.04. The fraction of sp³-hybridized carbons (Fsp3) is 0.250. The number of allylic oxidation sites excluding steroid dienone is 5. The van der Waals surface area contributed by atoms with E-state index in [0.29, 0.717) is 11.8 Å². The molecule has 1 saturated heterocycles. The third kappa shape index (κ3) is 1.05. The second kappa shape index (κ2) is 2.77. The number of nitrogens with two attached hydrogens (primary N) is 1. The van der Waals surface area contributed by atoms with Crippen LogP contribution in [0.2, 0.25) is 0 Å². The van der Waals surface area contributed by atoms with Crippen LogP contribution in [0.5, 0.6) is 0 Å². The van der Waals surface area contributed by atoms with E-state index in [1.54, 1.807) is 0 Å². The molecule has 2 unspecified atom stereocenters. The van der Waals surface area contributed by atoms with Gasteiger partial charge in [-0.15, -0.1) is 0 Å². The van der Waals surface area contributed by atoms with Crippen LogP contribution in [-0.4, -0.2) is 6.54 Å². The Hall–Kier alpha value is -1.95. The highest BCUT2D eigenvalue weighted by Crippen LogP contribution is 2.42. The van der Waals surface area contributed by atoms with Gasteiger partial charge in [-0.1, -0.05) is 6.08 Å². The molecule has 0 bridgehead atoms. The second-order valence-corrected chi connectivity index (χ2v) is 4.10. The van der Waals surface area contributed by atoms with Crippen molar-refractivity contribution in [3.8, 4) is 6.07 Å². The zero-order valence-corrected chi connectivity index (χ0v) is 8.20. The number of rotatable bonds is 0. The van der Waals surface area contributed by atoms with Crippen LogP contribution < -0.4 is 11.1 Å². The lowest BCUT2D eigenvalue weighted by atomic mass is 9.77. The Labute approximate surface area is 88.3 Å². The van der Waals surface area contributed by atoms with Gasteiger partial charge in [0.1, 0.15) is 0 Å². The van der Waals surface area contributed by atoms with Gasteiger partial charge in [-0.3, -0.25) is 0 Å². The molecule has 74 valence electrons. The maximum absolute atomic E-state index is 9.04. The molecule has 0 aromatic carbocycles. The molecule has 1 heterocycles. The molecule has 2 atom stereocenters. The minimum Gasteiger partial charge on any atom is -0.399 e. The summed E-state index contributed by atoms with van der Waals surface area (Å²) in [5.74, 6) is 0.741. The third-order valence-electron chi connectivity index (χ3n) is 3.23. The molecular weight excluding hydrogens is 186 g/mol. The molecule has 0 spiro atoms. The zero-order chi connectivity index (χ0) is 10.4. The lowest BCUT2D eigenvalue weighted by Crippen LogP contribution is -2.21. The normalized spacial score (nSPS) is 31.4. The molecule has 0 amide bonds. The van der Waals surface area contributed by atoms with Crippen molar-refractivity contribution in [2.75, 3.05) is 6.54 Å². The standard InChI is InChI=1S/C12H11N3/c13-5-7-1-2-11-12-8(6-15-11)3-9(14)4-10(7)12/h1-4,8,12,15H,6,14H2. The zero-order valence-electron chi connectivity index (χ0n) is 8.20. The minimum absolute atomic E-state index is 0.331. The molecule has 3 nitrogen and oxygen atoms in total. The maximum atomic E-state index is 9.04. The van der Waals surface area contributed by atoms with Crippen LogP contribution in [0.4, 0.5) is 0 Å². The summed E-state index contributed by atoms with van der Waals surface area (Å²) in [6.45, 7) is 0.918. The van der Waals surface area contributed by atoms with Gasteiger partial charge >= 0.3 is 0 Å². The molecule has 1 fully saturated rings. The Morgan fingerprint density at radius 3 is 3.13 bits per heavy atom. The topological polar surface area (TPSA) is 61.8 Å². The average molecular weight is 197 g/mol. The molecule has 2 aliphatic carbocycles. The summed E-state index contributed by atoms with van der Waals surface area (Å²) in [6, 6.07) is 2.23. The number of hydrogen-bond acceptors (Lipinski definition) is 3. The van der Waals surface area contributed by atoms with Crippen molar-refractivity contribution in [3.05, 3.63) is 46.8 Å². The van der Waals surface area contributed by atoms with Crippen molar-refractivity contribution in [1.29, 1.82) is 5.26 Å². The Morgan fingerprint density at radius 2 is 2.33 bits per heavy atom. The summed E-state index contributed by atoms with van der Waals surface area (Å²) in [5.41, 5.74) is 9.65. The van der Waals surface area contributed by atoms with Crippen molar-refractivity contribution in [1.82, 2.24) is 5.32 Å². The van der Waals surface area contributed by atoms with E-state index in [1.165, 1.54) is 5.70 Å². The summed E-state index contributed by atoms with van der Waals surface area (Å²) >= 11 is 0. The van der Waals surface area contributed by atoms with Crippen LogP contribution in [0.1, 0.15) is 0 Å².